The lowest BCUT2D eigenvalue weighted by Gasteiger charge is -2.32. The molecule has 0 radical (unpaired) electrons. The number of amides is 1. The van der Waals surface area contributed by atoms with Gasteiger partial charge in [-0.05, 0) is 49.1 Å². The van der Waals surface area contributed by atoms with Crippen LogP contribution in [0.4, 0.5) is 5.82 Å². The topological polar surface area (TPSA) is 49.6 Å². The van der Waals surface area contributed by atoms with Gasteiger partial charge < -0.3 is 14.6 Å². The fourth-order valence-electron chi connectivity index (χ4n) is 4.41. The van der Waals surface area contributed by atoms with E-state index in [1.807, 2.05) is 30.3 Å². The maximum atomic E-state index is 12.6. The van der Waals surface area contributed by atoms with Crippen LogP contribution >= 0.6 is 0 Å². The van der Waals surface area contributed by atoms with Crippen molar-refractivity contribution in [3.63, 3.8) is 0 Å². The van der Waals surface area contributed by atoms with Gasteiger partial charge in [-0.3, -0.25) is 4.79 Å². The van der Waals surface area contributed by atoms with E-state index in [4.69, 9.17) is 4.98 Å². The molecule has 0 spiro atoms. The summed E-state index contributed by atoms with van der Waals surface area (Å²) in [6.45, 7) is 2.39. The van der Waals surface area contributed by atoms with Gasteiger partial charge in [0.25, 0.3) is 0 Å². The van der Waals surface area contributed by atoms with Crippen LogP contribution in [-0.4, -0.2) is 34.9 Å². The van der Waals surface area contributed by atoms with Crippen molar-refractivity contribution in [2.75, 3.05) is 24.5 Å². The highest BCUT2D eigenvalue weighted by atomic mass is 16.1. The molecule has 5 heteroatoms. The minimum absolute atomic E-state index is 0.0836. The number of aromatic nitrogens is 2. The third kappa shape index (κ3) is 3.63. The summed E-state index contributed by atoms with van der Waals surface area (Å²) in [5.74, 6) is 1.28. The van der Waals surface area contributed by atoms with Gasteiger partial charge in [-0.15, -0.1) is 0 Å². The summed E-state index contributed by atoms with van der Waals surface area (Å²) in [4.78, 5) is 19.9. The smallest absolute Gasteiger partial charge is 0.223 e. The molecule has 4 aromatic rings. The van der Waals surface area contributed by atoms with Gasteiger partial charge >= 0.3 is 0 Å². The highest BCUT2D eigenvalue weighted by Gasteiger charge is 2.26. The van der Waals surface area contributed by atoms with Crippen LogP contribution in [0.2, 0.25) is 0 Å². The Labute approximate surface area is 176 Å². The van der Waals surface area contributed by atoms with E-state index in [0.717, 1.165) is 54.7 Å². The molecule has 0 aliphatic carbocycles. The molecule has 3 heterocycles. The molecule has 1 aliphatic heterocycles. The first kappa shape index (κ1) is 18.7. The number of fused-ring (bicyclic) bond motifs is 3. The average Bonchev–Trinajstić information content (AvgIpc) is 3.30. The number of rotatable bonds is 5. The van der Waals surface area contributed by atoms with Gasteiger partial charge in [-0.25, -0.2) is 4.98 Å². The van der Waals surface area contributed by atoms with Crippen LogP contribution in [0.3, 0.4) is 0 Å². The Balaban J connectivity index is 1.23. The quantitative estimate of drug-likeness (QED) is 0.551. The zero-order chi connectivity index (χ0) is 20.3. The summed E-state index contributed by atoms with van der Waals surface area (Å²) in [5, 5.41) is 3.13. The highest BCUT2D eigenvalue weighted by Crippen LogP contribution is 2.29. The summed E-state index contributed by atoms with van der Waals surface area (Å²) in [6, 6.07) is 22.7. The van der Waals surface area contributed by atoms with Crippen molar-refractivity contribution >= 4 is 28.3 Å². The fourth-order valence-corrected chi connectivity index (χ4v) is 4.41. The first-order chi connectivity index (χ1) is 14.8. The van der Waals surface area contributed by atoms with E-state index in [-0.39, 0.29) is 11.8 Å². The lowest BCUT2D eigenvalue weighted by Crippen LogP contribution is -2.41. The molecule has 1 aliphatic rings. The van der Waals surface area contributed by atoms with Crippen molar-refractivity contribution in [1.82, 2.24) is 14.7 Å². The summed E-state index contributed by atoms with van der Waals surface area (Å²) in [7, 11) is 0. The second kappa shape index (κ2) is 8.19. The van der Waals surface area contributed by atoms with Crippen LogP contribution in [0.5, 0.6) is 0 Å². The van der Waals surface area contributed by atoms with E-state index in [9.17, 15) is 4.79 Å². The highest BCUT2D eigenvalue weighted by molar-refractivity contribution is 5.85. The third-order valence-electron chi connectivity index (χ3n) is 6.07. The van der Waals surface area contributed by atoms with E-state index in [2.05, 4.69) is 57.2 Å². The molecule has 2 aromatic heterocycles. The van der Waals surface area contributed by atoms with Crippen LogP contribution in [0.15, 0.2) is 72.9 Å². The van der Waals surface area contributed by atoms with Gasteiger partial charge in [0.15, 0.2) is 5.82 Å². The Kier molecular flexibility index (Phi) is 5.10. The van der Waals surface area contributed by atoms with E-state index in [0.29, 0.717) is 6.54 Å². The molecule has 5 nitrogen and oxygen atoms in total. The molecule has 1 saturated heterocycles. The molecule has 0 saturated carbocycles. The van der Waals surface area contributed by atoms with Crippen molar-refractivity contribution in [2.45, 2.75) is 19.3 Å². The molecule has 1 fully saturated rings. The Hall–Kier alpha value is -3.34. The van der Waals surface area contributed by atoms with Crippen molar-refractivity contribution in [3.8, 4) is 0 Å². The lowest BCUT2D eigenvalue weighted by atomic mass is 9.95. The van der Waals surface area contributed by atoms with Crippen molar-refractivity contribution < 1.29 is 4.79 Å². The zero-order valence-corrected chi connectivity index (χ0v) is 17.0. The van der Waals surface area contributed by atoms with Gasteiger partial charge in [0, 0.05) is 31.7 Å². The third-order valence-corrected chi connectivity index (χ3v) is 6.07. The number of nitrogens with zero attached hydrogens (tertiary/aromatic N) is 3. The molecule has 0 bridgehead atoms. The van der Waals surface area contributed by atoms with E-state index >= 15 is 0 Å². The van der Waals surface area contributed by atoms with Gasteiger partial charge in [-0.2, -0.15) is 0 Å². The van der Waals surface area contributed by atoms with E-state index < -0.39 is 0 Å². The molecule has 30 heavy (non-hydrogen) atoms. The van der Waals surface area contributed by atoms with Crippen LogP contribution in [-0.2, 0) is 11.2 Å². The Bertz CT molecular complexity index is 1160. The van der Waals surface area contributed by atoms with Crippen molar-refractivity contribution in [1.29, 1.82) is 0 Å². The Morgan fingerprint density at radius 1 is 0.933 bits per heavy atom. The molecule has 1 amide bonds. The van der Waals surface area contributed by atoms with Crippen LogP contribution in [0.25, 0.3) is 16.6 Å². The molecule has 152 valence electrons. The van der Waals surface area contributed by atoms with E-state index in [1.54, 1.807) is 0 Å². The number of hydrogen-bond acceptors (Lipinski definition) is 3. The zero-order valence-electron chi connectivity index (χ0n) is 17.0. The average molecular weight is 399 g/mol. The summed E-state index contributed by atoms with van der Waals surface area (Å²) < 4.78 is 2.21. The standard InChI is InChI=1S/C25H26N4O/c30-25(26-15-12-19-7-2-1-3-8-19)20-13-17-28(18-14-20)24-23-11-6-16-29(23)22-10-5-4-9-21(22)27-24/h1-11,16,20H,12-15,17-18H2,(H,26,30). The molecule has 1 N–H and O–H groups in total. The number of anilines is 1. The number of para-hydroxylation sites is 2. The predicted molar refractivity (Wildman–Crippen MR) is 121 cm³/mol. The second-order valence-electron chi connectivity index (χ2n) is 7.98. The lowest BCUT2D eigenvalue weighted by molar-refractivity contribution is -0.125. The summed E-state index contributed by atoms with van der Waals surface area (Å²) >= 11 is 0. The molecule has 0 unspecified atom stereocenters. The van der Waals surface area contributed by atoms with Crippen molar-refractivity contribution in [3.05, 3.63) is 78.5 Å². The predicted octanol–water partition coefficient (Wildman–Crippen LogP) is 4.06. The Morgan fingerprint density at radius 2 is 1.67 bits per heavy atom. The molecule has 2 aromatic carbocycles. The van der Waals surface area contributed by atoms with Crippen LogP contribution < -0.4 is 10.2 Å². The normalized spacial score (nSPS) is 15.0. The van der Waals surface area contributed by atoms with E-state index in [1.165, 1.54) is 5.56 Å². The number of benzene rings is 2. The summed E-state index contributed by atoms with van der Waals surface area (Å²) in [6.07, 6.45) is 4.69. The van der Waals surface area contributed by atoms with Crippen LogP contribution in [0.1, 0.15) is 18.4 Å². The van der Waals surface area contributed by atoms with Gasteiger partial charge in [-0.1, -0.05) is 42.5 Å². The minimum Gasteiger partial charge on any atom is -0.356 e. The Morgan fingerprint density at radius 3 is 2.50 bits per heavy atom. The number of carbonyl (C=O) groups is 1. The molecule has 0 atom stereocenters. The number of piperidine rings is 1. The first-order valence-electron chi connectivity index (χ1n) is 10.7. The SMILES string of the molecule is O=C(NCCc1ccccc1)C1CCN(c2nc3ccccc3n3cccc23)CC1. The molecular formula is C25H26N4O. The fraction of sp³-hybridized carbons (Fsp3) is 0.280. The second-order valence-corrected chi connectivity index (χ2v) is 7.98. The van der Waals surface area contributed by atoms with Gasteiger partial charge in [0.2, 0.25) is 5.91 Å². The molecule has 5 rings (SSSR count). The molecular weight excluding hydrogens is 372 g/mol. The largest absolute Gasteiger partial charge is 0.356 e. The van der Waals surface area contributed by atoms with Crippen molar-refractivity contribution in [2.24, 2.45) is 5.92 Å². The summed E-state index contributed by atoms with van der Waals surface area (Å²) in [5.41, 5.74) is 4.50. The van der Waals surface area contributed by atoms with Gasteiger partial charge in [0.05, 0.1) is 16.6 Å². The minimum atomic E-state index is 0.0836. The van der Waals surface area contributed by atoms with Gasteiger partial charge in [0.1, 0.15) is 0 Å². The van der Waals surface area contributed by atoms with Crippen LogP contribution in [0, 0.1) is 5.92 Å². The number of carbonyl (C=O) groups excluding carboxylic acids is 1. The monoisotopic (exact) mass is 398 g/mol. The number of hydrogen-bond donors (Lipinski definition) is 1. The maximum Gasteiger partial charge on any atom is 0.223 e. The number of nitrogens with one attached hydrogen (secondary N) is 1. The first-order valence-corrected chi connectivity index (χ1v) is 10.7. The maximum absolute atomic E-state index is 12.6.